The van der Waals surface area contributed by atoms with E-state index in [0.717, 1.165) is 24.9 Å². The minimum absolute atomic E-state index is 0.114. The summed E-state index contributed by atoms with van der Waals surface area (Å²) >= 11 is 3.30. The average molecular weight is 284 g/mol. The number of hydrogen-bond acceptors (Lipinski definition) is 3. The van der Waals surface area contributed by atoms with Gasteiger partial charge >= 0.3 is 0 Å². The molecule has 1 aromatic rings. The molecule has 1 unspecified atom stereocenters. The van der Waals surface area contributed by atoms with Crippen molar-refractivity contribution < 1.29 is 0 Å². The number of aryl methyl sites for hydroxylation is 1. The van der Waals surface area contributed by atoms with Gasteiger partial charge in [-0.15, -0.1) is 0 Å². The van der Waals surface area contributed by atoms with E-state index in [1.807, 2.05) is 0 Å². The number of aromatic nitrogens is 2. The van der Waals surface area contributed by atoms with Gasteiger partial charge in [-0.2, -0.15) is 5.10 Å². The maximum atomic E-state index is 11.6. The summed E-state index contributed by atoms with van der Waals surface area (Å²) in [5, 5.41) is 7.34. The van der Waals surface area contributed by atoms with E-state index in [1.165, 1.54) is 4.68 Å². The van der Waals surface area contributed by atoms with E-state index in [-0.39, 0.29) is 5.56 Å². The van der Waals surface area contributed by atoms with E-state index in [1.54, 1.807) is 13.2 Å². The van der Waals surface area contributed by atoms with Crippen molar-refractivity contribution in [2.75, 3.05) is 5.32 Å². The second-order valence-corrected chi connectivity index (χ2v) is 4.72. The summed E-state index contributed by atoms with van der Waals surface area (Å²) in [7, 11) is 1.64. The Morgan fingerprint density at radius 3 is 3.06 bits per heavy atom. The third-order valence-corrected chi connectivity index (χ3v) is 3.47. The highest BCUT2D eigenvalue weighted by atomic mass is 79.9. The van der Waals surface area contributed by atoms with Crippen molar-refractivity contribution in [3.05, 3.63) is 33.2 Å². The average Bonchev–Trinajstić information content (AvgIpc) is 2.31. The Hall–Kier alpha value is -1.10. The van der Waals surface area contributed by atoms with Crippen LogP contribution >= 0.6 is 15.9 Å². The molecule has 0 saturated carbocycles. The zero-order valence-electron chi connectivity index (χ0n) is 9.11. The molecule has 1 N–H and O–H groups in total. The molecule has 1 aliphatic rings. The third-order valence-electron chi connectivity index (χ3n) is 2.71. The summed E-state index contributed by atoms with van der Waals surface area (Å²) in [4.78, 5) is 11.6. The number of nitrogens with one attached hydrogen (secondary N) is 1. The van der Waals surface area contributed by atoms with Crippen molar-refractivity contribution in [2.24, 2.45) is 7.05 Å². The molecule has 0 fully saturated rings. The molecule has 2 rings (SSSR count). The summed E-state index contributed by atoms with van der Waals surface area (Å²) in [6, 6.07) is 0.398. The molecule has 1 atom stereocenters. The zero-order valence-corrected chi connectivity index (χ0v) is 10.7. The molecule has 1 aliphatic carbocycles. The highest BCUT2D eigenvalue weighted by molar-refractivity contribution is 9.10. The van der Waals surface area contributed by atoms with E-state index < -0.39 is 0 Å². The summed E-state index contributed by atoms with van der Waals surface area (Å²) in [6.07, 6.45) is 9.23. The van der Waals surface area contributed by atoms with Crippen molar-refractivity contribution in [1.82, 2.24) is 9.78 Å². The van der Waals surface area contributed by atoms with Gasteiger partial charge in [-0.05, 0) is 35.2 Å². The quantitative estimate of drug-likeness (QED) is 0.846. The molecular formula is C11H14BrN3O. The molecule has 0 amide bonds. The summed E-state index contributed by atoms with van der Waals surface area (Å²) in [5.74, 6) is 0. The fourth-order valence-corrected chi connectivity index (χ4v) is 2.23. The van der Waals surface area contributed by atoms with E-state index in [2.05, 4.69) is 38.5 Å². The number of rotatable bonds is 2. The van der Waals surface area contributed by atoms with Gasteiger partial charge in [0.25, 0.3) is 5.56 Å². The minimum Gasteiger partial charge on any atom is -0.380 e. The smallest absolute Gasteiger partial charge is 0.282 e. The van der Waals surface area contributed by atoms with Gasteiger partial charge in [-0.25, -0.2) is 4.68 Å². The summed E-state index contributed by atoms with van der Waals surface area (Å²) in [5.41, 5.74) is 0.666. The first kappa shape index (κ1) is 11.4. The van der Waals surface area contributed by atoms with Gasteiger partial charge in [0.1, 0.15) is 4.47 Å². The van der Waals surface area contributed by atoms with Crippen molar-refractivity contribution in [3.8, 4) is 0 Å². The SMILES string of the molecule is Cn1ncc(NC2CC=CCC2)c(Br)c1=O. The lowest BCUT2D eigenvalue weighted by atomic mass is 10.0. The Morgan fingerprint density at radius 2 is 2.38 bits per heavy atom. The molecule has 0 saturated heterocycles. The summed E-state index contributed by atoms with van der Waals surface area (Å²) in [6.45, 7) is 0. The predicted molar refractivity (Wildman–Crippen MR) is 67.6 cm³/mol. The number of allylic oxidation sites excluding steroid dienone is 1. The molecular weight excluding hydrogens is 270 g/mol. The maximum absolute atomic E-state index is 11.6. The van der Waals surface area contributed by atoms with Crippen LogP contribution in [0.5, 0.6) is 0 Å². The van der Waals surface area contributed by atoms with Crippen LogP contribution in [0.2, 0.25) is 0 Å². The molecule has 1 aromatic heterocycles. The lowest BCUT2D eigenvalue weighted by molar-refractivity contribution is 0.639. The Balaban J connectivity index is 2.18. The van der Waals surface area contributed by atoms with Crippen molar-refractivity contribution in [3.63, 3.8) is 0 Å². The van der Waals surface area contributed by atoms with Crippen LogP contribution in [0.3, 0.4) is 0 Å². The largest absolute Gasteiger partial charge is 0.380 e. The van der Waals surface area contributed by atoms with Crippen LogP contribution in [0.25, 0.3) is 0 Å². The first-order valence-electron chi connectivity index (χ1n) is 5.32. The van der Waals surface area contributed by atoms with Crippen LogP contribution in [0.1, 0.15) is 19.3 Å². The standard InChI is InChI=1S/C11H14BrN3O/c1-15-11(16)10(12)9(7-13-15)14-8-5-3-2-4-6-8/h2-3,7-8,14H,4-6H2,1H3. The van der Waals surface area contributed by atoms with Crippen LogP contribution in [0.15, 0.2) is 27.6 Å². The molecule has 0 radical (unpaired) electrons. The monoisotopic (exact) mass is 283 g/mol. The van der Waals surface area contributed by atoms with Gasteiger partial charge in [0, 0.05) is 13.1 Å². The normalized spacial score (nSPS) is 19.8. The van der Waals surface area contributed by atoms with Gasteiger partial charge in [0.15, 0.2) is 0 Å². The fourth-order valence-electron chi connectivity index (χ4n) is 1.76. The number of nitrogens with zero attached hydrogens (tertiary/aromatic N) is 2. The van der Waals surface area contributed by atoms with Crippen molar-refractivity contribution in [1.29, 1.82) is 0 Å². The first-order valence-corrected chi connectivity index (χ1v) is 6.11. The molecule has 0 aliphatic heterocycles. The van der Waals surface area contributed by atoms with Gasteiger partial charge in [-0.3, -0.25) is 4.79 Å². The van der Waals surface area contributed by atoms with Gasteiger partial charge in [-0.1, -0.05) is 12.2 Å². The second kappa shape index (κ2) is 4.82. The fraction of sp³-hybridized carbons (Fsp3) is 0.455. The molecule has 1 heterocycles. The number of anilines is 1. The molecule has 4 nitrogen and oxygen atoms in total. The van der Waals surface area contributed by atoms with E-state index in [4.69, 9.17) is 0 Å². The van der Waals surface area contributed by atoms with Crippen LogP contribution in [0.4, 0.5) is 5.69 Å². The van der Waals surface area contributed by atoms with Gasteiger partial charge in [0.2, 0.25) is 0 Å². The Morgan fingerprint density at radius 1 is 1.56 bits per heavy atom. The van der Waals surface area contributed by atoms with Crippen LogP contribution < -0.4 is 10.9 Å². The Labute approximate surface area is 102 Å². The Kier molecular flexibility index (Phi) is 3.43. The molecule has 86 valence electrons. The zero-order chi connectivity index (χ0) is 11.5. The third kappa shape index (κ3) is 2.35. The first-order chi connectivity index (χ1) is 7.68. The van der Waals surface area contributed by atoms with Crippen LogP contribution in [0, 0.1) is 0 Å². The van der Waals surface area contributed by atoms with Crippen molar-refractivity contribution in [2.45, 2.75) is 25.3 Å². The molecule has 16 heavy (non-hydrogen) atoms. The van der Waals surface area contributed by atoms with E-state index >= 15 is 0 Å². The van der Waals surface area contributed by atoms with Crippen LogP contribution in [-0.4, -0.2) is 15.8 Å². The second-order valence-electron chi connectivity index (χ2n) is 3.93. The van der Waals surface area contributed by atoms with Gasteiger partial charge in [0.05, 0.1) is 11.9 Å². The molecule has 0 spiro atoms. The highest BCUT2D eigenvalue weighted by Gasteiger charge is 2.13. The van der Waals surface area contributed by atoms with E-state index in [9.17, 15) is 4.79 Å². The Bertz CT molecular complexity index is 467. The lowest BCUT2D eigenvalue weighted by Crippen LogP contribution is -2.25. The van der Waals surface area contributed by atoms with Crippen molar-refractivity contribution >= 4 is 21.6 Å². The van der Waals surface area contributed by atoms with E-state index in [0.29, 0.717) is 10.5 Å². The topological polar surface area (TPSA) is 46.9 Å². The molecule has 0 aromatic carbocycles. The number of hydrogen-bond donors (Lipinski definition) is 1. The van der Waals surface area contributed by atoms with Gasteiger partial charge < -0.3 is 5.32 Å². The lowest BCUT2D eigenvalue weighted by Gasteiger charge is -2.20. The summed E-state index contributed by atoms with van der Waals surface area (Å²) < 4.78 is 1.87. The molecule has 0 bridgehead atoms. The van der Waals surface area contributed by atoms with Crippen LogP contribution in [-0.2, 0) is 7.05 Å². The predicted octanol–water partition coefficient (Wildman–Crippen LogP) is 2.06. The maximum Gasteiger partial charge on any atom is 0.282 e. The number of halogens is 1. The molecule has 5 heteroatoms. The minimum atomic E-state index is -0.114. The highest BCUT2D eigenvalue weighted by Crippen LogP contribution is 2.21.